The summed E-state index contributed by atoms with van der Waals surface area (Å²) in [5, 5.41) is 17.3. The van der Waals surface area contributed by atoms with Crippen molar-refractivity contribution in [3.63, 3.8) is 0 Å². The molecule has 0 saturated heterocycles. The van der Waals surface area contributed by atoms with Crippen molar-refractivity contribution in [2.75, 3.05) is 7.05 Å². The standard InChI is InChI=1S/C10H12O3.C2H6.CH5N/c11-7-9-3-1-2-8(6-9)4-5-10(12)13;2*1-2/h1-3,6,11H,4-5,7H2,(H,12,13);1-2H3;2H2,1H3. The summed E-state index contributed by atoms with van der Waals surface area (Å²) >= 11 is 0. The second-order valence-corrected chi connectivity index (χ2v) is 2.87. The van der Waals surface area contributed by atoms with E-state index in [-0.39, 0.29) is 13.0 Å². The Morgan fingerprint density at radius 3 is 2.24 bits per heavy atom. The molecule has 0 unspecified atom stereocenters. The summed E-state index contributed by atoms with van der Waals surface area (Å²) < 4.78 is 0. The fourth-order valence-corrected chi connectivity index (χ4v) is 1.13. The molecule has 4 nitrogen and oxygen atoms in total. The molecule has 0 amide bonds. The molecule has 0 aliphatic rings. The lowest BCUT2D eigenvalue weighted by Gasteiger charge is -2.00. The maximum Gasteiger partial charge on any atom is 0.303 e. The van der Waals surface area contributed by atoms with Gasteiger partial charge in [0.15, 0.2) is 0 Å². The zero-order valence-corrected chi connectivity index (χ0v) is 10.8. The molecule has 0 atom stereocenters. The summed E-state index contributed by atoms with van der Waals surface area (Å²) in [4.78, 5) is 10.3. The van der Waals surface area contributed by atoms with Gasteiger partial charge in [0.25, 0.3) is 0 Å². The Bertz CT molecular complexity index is 300. The number of benzene rings is 1. The van der Waals surface area contributed by atoms with Crippen LogP contribution in [0.25, 0.3) is 0 Å². The largest absolute Gasteiger partial charge is 0.481 e. The van der Waals surface area contributed by atoms with Crippen molar-refractivity contribution in [1.82, 2.24) is 0 Å². The van der Waals surface area contributed by atoms with Crippen LogP contribution < -0.4 is 5.73 Å². The number of hydrogen-bond acceptors (Lipinski definition) is 3. The molecule has 1 aromatic carbocycles. The zero-order valence-electron chi connectivity index (χ0n) is 10.8. The van der Waals surface area contributed by atoms with Crippen molar-refractivity contribution in [1.29, 1.82) is 0 Å². The topological polar surface area (TPSA) is 83.6 Å². The summed E-state index contributed by atoms with van der Waals surface area (Å²) in [6.07, 6.45) is 0.651. The number of aryl methyl sites for hydroxylation is 1. The van der Waals surface area contributed by atoms with Gasteiger partial charge in [-0.2, -0.15) is 0 Å². The number of aliphatic hydroxyl groups is 1. The SMILES string of the molecule is CC.CN.O=C(O)CCc1cccc(CO)c1. The van der Waals surface area contributed by atoms with Gasteiger partial charge in [-0.3, -0.25) is 4.79 Å². The van der Waals surface area contributed by atoms with E-state index in [9.17, 15) is 4.79 Å². The molecular weight excluding hydrogens is 218 g/mol. The Morgan fingerprint density at radius 1 is 1.24 bits per heavy atom. The maximum absolute atomic E-state index is 10.3. The Balaban J connectivity index is 0. The first kappa shape index (κ1) is 18.0. The molecule has 0 aromatic heterocycles. The highest BCUT2D eigenvalue weighted by molar-refractivity contribution is 5.67. The number of carboxylic acids is 1. The Morgan fingerprint density at radius 2 is 1.76 bits per heavy atom. The van der Waals surface area contributed by atoms with Crippen LogP contribution in [0, 0.1) is 0 Å². The number of carboxylic acid groups (broad SMARTS) is 1. The first-order valence-corrected chi connectivity index (χ1v) is 5.70. The predicted molar refractivity (Wildman–Crippen MR) is 69.8 cm³/mol. The highest BCUT2D eigenvalue weighted by Crippen LogP contribution is 2.07. The average molecular weight is 241 g/mol. The minimum Gasteiger partial charge on any atom is -0.481 e. The number of hydrogen-bond donors (Lipinski definition) is 3. The maximum atomic E-state index is 10.3. The Hall–Kier alpha value is -1.39. The van der Waals surface area contributed by atoms with Gasteiger partial charge in [0.2, 0.25) is 0 Å². The van der Waals surface area contributed by atoms with Gasteiger partial charge in [0, 0.05) is 6.42 Å². The number of rotatable bonds is 4. The third kappa shape index (κ3) is 9.53. The van der Waals surface area contributed by atoms with E-state index in [1.165, 1.54) is 7.05 Å². The minimum atomic E-state index is -0.797. The molecule has 0 bridgehead atoms. The van der Waals surface area contributed by atoms with E-state index in [2.05, 4.69) is 5.73 Å². The summed E-state index contributed by atoms with van der Waals surface area (Å²) in [5.74, 6) is -0.797. The van der Waals surface area contributed by atoms with E-state index in [1.807, 2.05) is 38.1 Å². The molecule has 1 aromatic rings. The first-order valence-electron chi connectivity index (χ1n) is 5.70. The van der Waals surface area contributed by atoms with Crippen molar-refractivity contribution >= 4 is 5.97 Å². The monoisotopic (exact) mass is 241 g/mol. The van der Waals surface area contributed by atoms with Gasteiger partial charge in [-0.05, 0) is 24.6 Å². The highest BCUT2D eigenvalue weighted by atomic mass is 16.4. The molecule has 0 aliphatic heterocycles. The van der Waals surface area contributed by atoms with Crippen LogP contribution in [0.2, 0.25) is 0 Å². The van der Waals surface area contributed by atoms with Crippen molar-refractivity contribution in [2.24, 2.45) is 5.73 Å². The second-order valence-electron chi connectivity index (χ2n) is 2.87. The average Bonchev–Trinajstić information content (AvgIpc) is 2.41. The molecule has 17 heavy (non-hydrogen) atoms. The van der Waals surface area contributed by atoms with Crippen molar-refractivity contribution < 1.29 is 15.0 Å². The van der Waals surface area contributed by atoms with Crippen LogP contribution in [0.4, 0.5) is 0 Å². The summed E-state index contributed by atoms with van der Waals surface area (Å²) in [6, 6.07) is 7.32. The van der Waals surface area contributed by atoms with Crippen LogP contribution in [0.5, 0.6) is 0 Å². The van der Waals surface area contributed by atoms with Gasteiger partial charge < -0.3 is 15.9 Å². The number of aliphatic hydroxyl groups excluding tert-OH is 1. The summed E-state index contributed by atoms with van der Waals surface area (Å²) in [5.41, 5.74) is 6.27. The summed E-state index contributed by atoms with van der Waals surface area (Å²) in [7, 11) is 1.50. The van der Waals surface area contributed by atoms with Crippen molar-refractivity contribution in [3.8, 4) is 0 Å². The zero-order chi connectivity index (χ0) is 13.7. The lowest BCUT2D eigenvalue weighted by Crippen LogP contribution is -1.97. The van der Waals surface area contributed by atoms with E-state index in [0.29, 0.717) is 6.42 Å². The fourth-order valence-electron chi connectivity index (χ4n) is 1.13. The predicted octanol–water partition coefficient (Wildman–Crippen LogP) is 1.80. The van der Waals surface area contributed by atoms with E-state index in [4.69, 9.17) is 10.2 Å². The molecule has 98 valence electrons. The van der Waals surface area contributed by atoms with E-state index >= 15 is 0 Å². The van der Waals surface area contributed by atoms with Crippen LogP contribution >= 0.6 is 0 Å². The fraction of sp³-hybridized carbons (Fsp3) is 0.462. The molecule has 4 N–H and O–H groups in total. The lowest BCUT2D eigenvalue weighted by atomic mass is 10.1. The van der Waals surface area contributed by atoms with E-state index in [0.717, 1.165) is 11.1 Å². The van der Waals surface area contributed by atoms with E-state index in [1.54, 1.807) is 0 Å². The van der Waals surface area contributed by atoms with Gasteiger partial charge in [0.05, 0.1) is 6.61 Å². The third-order valence-corrected chi connectivity index (χ3v) is 1.80. The van der Waals surface area contributed by atoms with Gasteiger partial charge in [-0.25, -0.2) is 0 Å². The summed E-state index contributed by atoms with van der Waals surface area (Å²) in [6.45, 7) is 4.00. The molecule has 1 rings (SSSR count). The molecular formula is C13H23NO3. The molecule has 0 aliphatic carbocycles. The molecule has 0 saturated carbocycles. The number of aliphatic carboxylic acids is 1. The van der Waals surface area contributed by atoms with Crippen LogP contribution in [0.15, 0.2) is 24.3 Å². The van der Waals surface area contributed by atoms with Gasteiger partial charge in [0.1, 0.15) is 0 Å². The normalized spacial score (nSPS) is 8.29. The van der Waals surface area contributed by atoms with E-state index < -0.39 is 5.97 Å². The Labute approximate surface area is 103 Å². The minimum absolute atomic E-state index is 0.000904. The quantitative estimate of drug-likeness (QED) is 0.750. The van der Waals surface area contributed by atoms with Crippen molar-refractivity contribution in [2.45, 2.75) is 33.3 Å². The molecule has 0 heterocycles. The van der Waals surface area contributed by atoms with Crippen LogP contribution in [0.1, 0.15) is 31.4 Å². The Kier molecular flexibility index (Phi) is 13.4. The molecule has 4 heteroatoms. The molecule has 0 fully saturated rings. The smallest absolute Gasteiger partial charge is 0.303 e. The second kappa shape index (κ2) is 12.7. The third-order valence-electron chi connectivity index (χ3n) is 1.80. The van der Waals surface area contributed by atoms with Crippen LogP contribution in [-0.4, -0.2) is 23.2 Å². The molecule has 0 spiro atoms. The van der Waals surface area contributed by atoms with Gasteiger partial charge in [-0.1, -0.05) is 38.1 Å². The van der Waals surface area contributed by atoms with Crippen molar-refractivity contribution in [3.05, 3.63) is 35.4 Å². The molecule has 0 radical (unpaired) electrons. The number of carbonyl (C=O) groups is 1. The van der Waals surface area contributed by atoms with Gasteiger partial charge in [-0.15, -0.1) is 0 Å². The first-order chi connectivity index (χ1) is 8.22. The highest BCUT2D eigenvalue weighted by Gasteiger charge is 1.99. The number of nitrogens with two attached hydrogens (primary N) is 1. The van der Waals surface area contributed by atoms with Crippen LogP contribution in [0.3, 0.4) is 0 Å². The van der Waals surface area contributed by atoms with Crippen LogP contribution in [-0.2, 0) is 17.8 Å². The van der Waals surface area contributed by atoms with Gasteiger partial charge >= 0.3 is 5.97 Å². The lowest BCUT2D eigenvalue weighted by molar-refractivity contribution is -0.136.